The quantitative estimate of drug-likeness (QED) is 0.799. The second kappa shape index (κ2) is 8.64. The Balaban J connectivity index is 1.91. The van der Waals surface area contributed by atoms with Crippen molar-refractivity contribution in [3.8, 4) is 0 Å². The van der Waals surface area contributed by atoms with Crippen molar-refractivity contribution in [1.82, 2.24) is 5.32 Å². The summed E-state index contributed by atoms with van der Waals surface area (Å²) in [5.41, 5.74) is 3.10. The van der Waals surface area contributed by atoms with Crippen molar-refractivity contribution in [1.29, 1.82) is 0 Å². The van der Waals surface area contributed by atoms with E-state index in [9.17, 15) is 9.59 Å². The second-order valence-corrected chi connectivity index (χ2v) is 6.94. The summed E-state index contributed by atoms with van der Waals surface area (Å²) in [5.74, 6) is -0.407. The molecule has 0 unspecified atom stereocenters. The lowest BCUT2D eigenvalue weighted by atomic mass is 10.1. The highest BCUT2D eigenvalue weighted by atomic mass is 32.1. The molecule has 0 aliphatic heterocycles. The first kappa shape index (κ1) is 18.2. The number of aryl methyl sites for hydroxylation is 3. The maximum absolute atomic E-state index is 12.2. The molecule has 2 N–H and O–H groups in total. The first-order valence-electron chi connectivity index (χ1n) is 8.30. The number of carbonyl (C=O) groups is 2. The zero-order valence-corrected chi connectivity index (χ0v) is 15.3. The molecule has 0 bridgehead atoms. The molecule has 1 aromatic heterocycles. The summed E-state index contributed by atoms with van der Waals surface area (Å²) in [5, 5.41) is 5.55. The first-order chi connectivity index (χ1) is 11.5. The van der Waals surface area contributed by atoms with E-state index in [1.54, 1.807) is 0 Å². The van der Waals surface area contributed by atoms with Gasteiger partial charge in [0.15, 0.2) is 0 Å². The van der Waals surface area contributed by atoms with Crippen LogP contribution in [-0.2, 0) is 17.6 Å². The van der Waals surface area contributed by atoms with E-state index < -0.39 is 0 Å². The predicted molar refractivity (Wildman–Crippen MR) is 99.8 cm³/mol. The van der Waals surface area contributed by atoms with Crippen molar-refractivity contribution in [3.05, 3.63) is 51.2 Å². The summed E-state index contributed by atoms with van der Waals surface area (Å²) in [4.78, 5) is 26.1. The number of rotatable bonds is 7. The molecule has 0 atom stereocenters. The number of benzene rings is 1. The van der Waals surface area contributed by atoms with Crippen molar-refractivity contribution in [2.75, 3.05) is 11.9 Å². The number of thiophene rings is 1. The van der Waals surface area contributed by atoms with Gasteiger partial charge in [-0.2, -0.15) is 0 Å². The number of carbonyl (C=O) groups excluding carboxylic acids is 2. The van der Waals surface area contributed by atoms with Gasteiger partial charge in [-0.1, -0.05) is 38.5 Å². The summed E-state index contributed by atoms with van der Waals surface area (Å²) in [6.07, 6.45) is 2.87. The van der Waals surface area contributed by atoms with E-state index >= 15 is 0 Å². The number of amides is 2. The standard InChI is InChI=1S/C19H24N2O2S/c1-4-8-15-11-17(24-13(15)3)19(23)20-12-18(22)21-16-10-7-6-9-14(16)5-2/h6-7,9-11H,4-5,8,12H2,1-3H3,(H,20,23)(H,21,22). The molecular formula is C19H24N2O2S. The van der Waals surface area contributed by atoms with E-state index in [1.165, 1.54) is 21.8 Å². The molecule has 2 rings (SSSR count). The van der Waals surface area contributed by atoms with Crippen LogP contribution in [0, 0.1) is 6.92 Å². The molecule has 4 nitrogen and oxygen atoms in total. The molecule has 128 valence electrons. The number of anilines is 1. The first-order valence-corrected chi connectivity index (χ1v) is 9.12. The average molecular weight is 344 g/mol. The topological polar surface area (TPSA) is 58.2 Å². The molecule has 0 fully saturated rings. The molecule has 1 aromatic carbocycles. The number of hydrogen-bond acceptors (Lipinski definition) is 3. The molecule has 24 heavy (non-hydrogen) atoms. The van der Waals surface area contributed by atoms with E-state index in [0.717, 1.165) is 30.5 Å². The molecule has 0 spiro atoms. The van der Waals surface area contributed by atoms with E-state index in [2.05, 4.69) is 17.6 Å². The van der Waals surface area contributed by atoms with Gasteiger partial charge in [0.1, 0.15) is 0 Å². The van der Waals surface area contributed by atoms with E-state index in [0.29, 0.717) is 4.88 Å². The van der Waals surface area contributed by atoms with Gasteiger partial charge in [-0.25, -0.2) is 0 Å². The van der Waals surface area contributed by atoms with Crippen LogP contribution in [0.1, 0.15) is 45.9 Å². The number of nitrogens with one attached hydrogen (secondary N) is 2. The van der Waals surface area contributed by atoms with Crippen LogP contribution in [-0.4, -0.2) is 18.4 Å². The molecule has 0 aliphatic carbocycles. The Bertz CT molecular complexity index is 722. The lowest BCUT2D eigenvalue weighted by Gasteiger charge is -2.10. The molecule has 2 amide bonds. The highest BCUT2D eigenvalue weighted by Crippen LogP contribution is 2.22. The third-order valence-corrected chi connectivity index (χ3v) is 4.94. The van der Waals surface area contributed by atoms with Crippen molar-refractivity contribution in [2.24, 2.45) is 0 Å². The fourth-order valence-corrected chi connectivity index (χ4v) is 3.53. The van der Waals surface area contributed by atoms with Crippen molar-refractivity contribution in [3.63, 3.8) is 0 Å². The Hall–Kier alpha value is -2.14. The minimum Gasteiger partial charge on any atom is -0.342 e. The second-order valence-electron chi connectivity index (χ2n) is 5.68. The Labute approximate surface area is 147 Å². The van der Waals surface area contributed by atoms with Crippen LogP contribution in [0.3, 0.4) is 0 Å². The van der Waals surface area contributed by atoms with Crippen molar-refractivity contribution in [2.45, 2.75) is 40.0 Å². The zero-order valence-electron chi connectivity index (χ0n) is 14.4. The Morgan fingerprint density at radius 2 is 1.88 bits per heavy atom. The maximum Gasteiger partial charge on any atom is 0.261 e. The number of hydrogen-bond donors (Lipinski definition) is 2. The van der Waals surface area contributed by atoms with Gasteiger partial charge in [0.25, 0.3) is 5.91 Å². The molecule has 1 heterocycles. The monoisotopic (exact) mass is 344 g/mol. The third kappa shape index (κ3) is 4.68. The van der Waals surface area contributed by atoms with Crippen LogP contribution in [0.15, 0.2) is 30.3 Å². The molecular weight excluding hydrogens is 320 g/mol. The largest absolute Gasteiger partial charge is 0.342 e. The minimum absolute atomic E-state index is 0.0308. The van der Waals surface area contributed by atoms with Gasteiger partial charge < -0.3 is 10.6 Å². The molecule has 0 saturated heterocycles. The highest BCUT2D eigenvalue weighted by Gasteiger charge is 2.13. The molecule has 0 saturated carbocycles. The van der Waals surface area contributed by atoms with Crippen molar-refractivity contribution >= 4 is 28.8 Å². The Kier molecular flexibility index (Phi) is 6.55. The van der Waals surface area contributed by atoms with Crippen LogP contribution < -0.4 is 10.6 Å². The fourth-order valence-electron chi connectivity index (χ4n) is 2.54. The third-order valence-electron chi connectivity index (χ3n) is 3.85. The summed E-state index contributed by atoms with van der Waals surface area (Å²) in [7, 11) is 0. The fraction of sp³-hybridized carbons (Fsp3) is 0.368. The predicted octanol–water partition coefficient (Wildman–Crippen LogP) is 3.94. The van der Waals surface area contributed by atoms with Crippen LogP contribution >= 0.6 is 11.3 Å². The van der Waals surface area contributed by atoms with Gasteiger partial charge in [-0.05, 0) is 43.0 Å². The molecule has 5 heteroatoms. The lowest BCUT2D eigenvalue weighted by Crippen LogP contribution is -2.32. The summed E-state index contributed by atoms with van der Waals surface area (Å²) in [6.45, 7) is 6.16. The zero-order chi connectivity index (χ0) is 17.5. The Morgan fingerprint density at radius 3 is 2.58 bits per heavy atom. The van der Waals surface area contributed by atoms with Gasteiger partial charge in [0, 0.05) is 10.6 Å². The molecule has 0 aliphatic rings. The normalized spacial score (nSPS) is 10.5. The SMILES string of the molecule is CCCc1cc(C(=O)NCC(=O)Nc2ccccc2CC)sc1C. The van der Waals surface area contributed by atoms with E-state index in [-0.39, 0.29) is 18.4 Å². The molecule has 2 aromatic rings. The summed E-state index contributed by atoms with van der Waals surface area (Å²) < 4.78 is 0. The van der Waals surface area contributed by atoms with Crippen LogP contribution in [0.25, 0.3) is 0 Å². The number of para-hydroxylation sites is 1. The van der Waals surface area contributed by atoms with Gasteiger partial charge in [0.05, 0.1) is 11.4 Å². The summed E-state index contributed by atoms with van der Waals surface area (Å²) >= 11 is 1.48. The average Bonchev–Trinajstić information content (AvgIpc) is 2.94. The summed E-state index contributed by atoms with van der Waals surface area (Å²) in [6, 6.07) is 9.62. The smallest absolute Gasteiger partial charge is 0.261 e. The van der Waals surface area contributed by atoms with E-state index in [4.69, 9.17) is 0 Å². The van der Waals surface area contributed by atoms with E-state index in [1.807, 2.05) is 44.2 Å². The van der Waals surface area contributed by atoms with Crippen LogP contribution in [0.5, 0.6) is 0 Å². The van der Waals surface area contributed by atoms with Crippen LogP contribution in [0.4, 0.5) is 5.69 Å². The van der Waals surface area contributed by atoms with Gasteiger partial charge in [0.2, 0.25) is 5.91 Å². The minimum atomic E-state index is -0.216. The Morgan fingerprint density at radius 1 is 1.12 bits per heavy atom. The maximum atomic E-state index is 12.2. The van der Waals surface area contributed by atoms with Gasteiger partial charge in [-0.3, -0.25) is 9.59 Å². The molecule has 0 radical (unpaired) electrons. The van der Waals surface area contributed by atoms with Crippen LogP contribution in [0.2, 0.25) is 0 Å². The lowest BCUT2D eigenvalue weighted by molar-refractivity contribution is -0.115. The van der Waals surface area contributed by atoms with Gasteiger partial charge in [-0.15, -0.1) is 11.3 Å². The van der Waals surface area contributed by atoms with Crippen molar-refractivity contribution < 1.29 is 9.59 Å². The highest BCUT2D eigenvalue weighted by molar-refractivity contribution is 7.14. The van der Waals surface area contributed by atoms with Gasteiger partial charge >= 0.3 is 0 Å².